The van der Waals surface area contributed by atoms with E-state index in [0.717, 1.165) is 58.6 Å². The van der Waals surface area contributed by atoms with E-state index in [4.69, 9.17) is 9.47 Å². The summed E-state index contributed by atoms with van der Waals surface area (Å²) in [6.07, 6.45) is 4.79. The summed E-state index contributed by atoms with van der Waals surface area (Å²) in [6.45, 7) is 11.5. The number of unbranched alkanes of at least 4 members (excludes halogenated alkanes) is 1. The van der Waals surface area contributed by atoms with Crippen molar-refractivity contribution in [3.63, 3.8) is 0 Å². The number of rotatable bonds is 10. The van der Waals surface area contributed by atoms with Gasteiger partial charge in [0, 0.05) is 58.2 Å². The van der Waals surface area contributed by atoms with Gasteiger partial charge in [-0.1, -0.05) is 51.3 Å². The SMILES string of the molecule is CCCCC(CC)CNc1cc2c(cc1Br)Oc1cc(N(CC)CC)ccc1C21OC(=O)c2ccccc21. The van der Waals surface area contributed by atoms with Gasteiger partial charge in [0.15, 0.2) is 5.60 Å². The van der Waals surface area contributed by atoms with Crippen molar-refractivity contribution in [3.8, 4) is 11.5 Å². The Morgan fingerprint density at radius 1 is 0.947 bits per heavy atom. The zero-order chi connectivity index (χ0) is 26.9. The molecule has 0 amide bonds. The van der Waals surface area contributed by atoms with Crippen molar-refractivity contribution in [2.45, 2.75) is 59.0 Å². The summed E-state index contributed by atoms with van der Waals surface area (Å²) in [5.41, 5.74) is 4.14. The van der Waals surface area contributed by atoms with E-state index in [1.807, 2.05) is 30.3 Å². The van der Waals surface area contributed by atoms with Gasteiger partial charge < -0.3 is 19.7 Å². The van der Waals surface area contributed by atoms with E-state index < -0.39 is 5.60 Å². The minimum absolute atomic E-state index is 0.310. The second-order valence-electron chi connectivity index (χ2n) is 10.2. The quantitative estimate of drug-likeness (QED) is 0.245. The van der Waals surface area contributed by atoms with Crippen LogP contribution in [0.25, 0.3) is 0 Å². The lowest BCUT2D eigenvalue weighted by molar-refractivity contribution is 0.0224. The van der Waals surface area contributed by atoms with Crippen LogP contribution in [0.15, 0.2) is 59.1 Å². The number of fused-ring (bicyclic) bond motifs is 6. The number of carbonyl (C=O) groups is 1. The average molecular weight is 578 g/mol. The van der Waals surface area contributed by atoms with Gasteiger partial charge in [-0.2, -0.15) is 0 Å². The topological polar surface area (TPSA) is 50.8 Å². The summed E-state index contributed by atoms with van der Waals surface area (Å²) in [4.78, 5) is 15.5. The molecule has 3 aromatic carbocycles. The van der Waals surface area contributed by atoms with Crippen LogP contribution < -0.4 is 15.0 Å². The van der Waals surface area contributed by atoms with Gasteiger partial charge in [-0.05, 0) is 72.4 Å². The molecule has 2 unspecified atom stereocenters. The number of esters is 1. The third-order valence-electron chi connectivity index (χ3n) is 8.04. The molecule has 1 N–H and O–H groups in total. The van der Waals surface area contributed by atoms with Crippen molar-refractivity contribution in [1.29, 1.82) is 0 Å². The minimum atomic E-state index is -1.07. The van der Waals surface area contributed by atoms with E-state index in [1.54, 1.807) is 0 Å². The number of hydrogen-bond donors (Lipinski definition) is 1. The number of benzene rings is 3. The number of ether oxygens (including phenoxy) is 2. The van der Waals surface area contributed by atoms with E-state index in [9.17, 15) is 4.79 Å². The lowest BCUT2D eigenvalue weighted by Crippen LogP contribution is -2.33. The Hall–Kier alpha value is -2.99. The molecule has 2 atom stereocenters. The van der Waals surface area contributed by atoms with Gasteiger partial charge in [0.25, 0.3) is 0 Å². The molecule has 0 fully saturated rings. The molecule has 3 aromatic rings. The van der Waals surface area contributed by atoms with E-state index in [2.05, 4.69) is 78.1 Å². The zero-order valence-electron chi connectivity index (χ0n) is 22.8. The Balaban J connectivity index is 1.64. The van der Waals surface area contributed by atoms with E-state index >= 15 is 0 Å². The van der Waals surface area contributed by atoms with Crippen LogP contribution in [0.2, 0.25) is 0 Å². The van der Waals surface area contributed by atoms with Crippen LogP contribution in [-0.4, -0.2) is 25.6 Å². The summed E-state index contributed by atoms with van der Waals surface area (Å²) < 4.78 is 13.9. The lowest BCUT2D eigenvalue weighted by atomic mass is 9.77. The predicted octanol–water partition coefficient (Wildman–Crippen LogP) is 8.49. The van der Waals surface area contributed by atoms with Gasteiger partial charge in [-0.25, -0.2) is 4.79 Å². The molecule has 200 valence electrons. The van der Waals surface area contributed by atoms with Gasteiger partial charge in [0.1, 0.15) is 11.5 Å². The maximum atomic E-state index is 13.2. The second-order valence-corrected chi connectivity index (χ2v) is 11.1. The maximum Gasteiger partial charge on any atom is 0.340 e. The summed E-state index contributed by atoms with van der Waals surface area (Å²) in [5.74, 6) is 1.70. The monoisotopic (exact) mass is 576 g/mol. The summed E-state index contributed by atoms with van der Waals surface area (Å²) in [7, 11) is 0. The highest BCUT2D eigenvalue weighted by atomic mass is 79.9. The first-order valence-electron chi connectivity index (χ1n) is 13.9. The molecule has 0 saturated heterocycles. The van der Waals surface area contributed by atoms with E-state index in [0.29, 0.717) is 23.0 Å². The van der Waals surface area contributed by atoms with Crippen molar-refractivity contribution >= 4 is 33.3 Å². The standard InChI is InChI=1S/C32H37BrN2O3/c1-5-9-12-21(6-2)20-34-28-18-26-30(19-27(28)33)37-29-17-22(35(7-3)8-4)15-16-25(29)32(26)24-14-11-10-13-23(24)31(36)38-32/h10-11,13-19,21,34H,5-9,12,20H2,1-4H3. The van der Waals surface area contributed by atoms with Gasteiger partial charge >= 0.3 is 5.97 Å². The van der Waals surface area contributed by atoms with Crippen LogP contribution >= 0.6 is 15.9 Å². The normalized spacial score (nSPS) is 17.8. The fourth-order valence-corrected chi connectivity index (χ4v) is 6.26. The average Bonchev–Trinajstić information content (AvgIpc) is 3.22. The fourth-order valence-electron chi connectivity index (χ4n) is 5.80. The molecule has 2 aliphatic heterocycles. The Labute approximate surface area is 234 Å². The fraction of sp³-hybridized carbons (Fsp3) is 0.406. The molecule has 0 radical (unpaired) electrons. The molecule has 5 nitrogen and oxygen atoms in total. The first-order chi connectivity index (χ1) is 18.5. The largest absolute Gasteiger partial charge is 0.456 e. The number of carbonyl (C=O) groups excluding carboxylic acids is 1. The second kappa shape index (κ2) is 11.0. The van der Waals surface area contributed by atoms with E-state index in [1.165, 1.54) is 19.3 Å². The predicted molar refractivity (Wildman–Crippen MR) is 158 cm³/mol. The smallest absolute Gasteiger partial charge is 0.340 e. The molecule has 2 aliphatic rings. The molecule has 5 rings (SSSR count). The molecule has 0 aromatic heterocycles. The van der Waals surface area contributed by atoms with Gasteiger partial charge in [0.2, 0.25) is 0 Å². The van der Waals surface area contributed by atoms with Crippen molar-refractivity contribution in [2.24, 2.45) is 5.92 Å². The maximum absolute atomic E-state index is 13.2. The molecule has 6 heteroatoms. The molecule has 38 heavy (non-hydrogen) atoms. The molecular formula is C32H37BrN2O3. The molecular weight excluding hydrogens is 540 g/mol. The van der Waals surface area contributed by atoms with Crippen LogP contribution in [0, 0.1) is 5.92 Å². The molecule has 2 heterocycles. The van der Waals surface area contributed by atoms with E-state index in [-0.39, 0.29) is 5.97 Å². The highest BCUT2D eigenvalue weighted by molar-refractivity contribution is 9.10. The molecule has 0 saturated carbocycles. The Morgan fingerprint density at radius 3 is 2.45 bits per heavy atom. The third-order valence-corrected chi connectivity index (χ3v) is 8.69. The van der Waals surface area contributed by atoms with Crippen LogP contribution in [0.5, 0.6) is 11.5 Å². The molecule has 0 bridgehead atoms. The third kappa shape index (κ3) is 4.47. The van der Waals surface area contributed by atoms with Crippen molar-refractivity contribution in [2.75, 3.05) is 29.9 Å². The summed E-state index contributed by atoms with van der Waals surface area (Å²) in [5, 5.41) is 3.68. The summed E-state index contributed by atoms with van der Waals surface area (Å²) in [6, 6.07) is 18.1. The van der Waals surface area contributed by atoms with Crippen molar-refractivity contribution in [3.05, 3.63) is 81.3 Å². The van der Waals surface area contributed by atoms with Crippen LogP contribution in [0.3, 0.4) is 0 Å². The highest BCUT2D eigenvalue weighted by Gasteiger charge is 2.53. The van der Waals surface area contributed by atoms with Gasteiger partial charge in [-0.3, -0.25) is 0 Å². The number of hydrogen-bond acceptors (Lipinski definition) is 5. The Bertz CT molecular complexity index is 1340. The number of nitrogens with one attached hydrogen (secondary N) is 1. The van der Waals surface area contributed by atoms with Crippen molar-refractivity contribution in [1.82, 2.24) is 0 Å². The lowest BCUT2D eigenvalue weighted by Gasteiger charge is -2.37. The number of nitrogens with zero attached hydrogens (tertiary/aromatic N) is 1. The first kappa shape index (κ1) is 26.6. The van der Waals surface area contributed by atoms with Crippen LogP contribution in [0.1, 0.15) is 80.4 Å². The molecule has 0 aliphatic carbocycles. The van der Waals surface area contributed by atoms with Crippen molar-refractivity contribution < 1.29 is 14.3 Å². The highest BCUT2D eigenvalue weighted by Crippen LogP contribution is 2.57. The van der Waals surface area contributed by atoms with Crippen LogP contribution in [-0.2, 0) is 10.3 Å². The Morgan fingerprint density at radius 2 is 1.71 bits per heavy atom. The van der Waals surface area contributed by atoms with Crippen LogP contribution in [0.4, 0.5) is 11.4 Å². The van der Waals surface area contributed by atoms with Gasteiger partial charge in [-0.15, -0.1) is 0 Å². The zero-order valence-corrected chi connectivity index (χ0v) is 24.4. The van der Waals surface area contributed by atoms with Gasteiger partial charge in [0.05, 0.1) is 5.56 Å². The Kier molecular flexibility index (Phi) is 7.71. The molecule has 1 spiro atoms. The number of halogens is 1. The summed E-state index contributed by atoms with van der Waals surface area (Å²) >= 11 is 3.78. The minimum Gasteiger partial charge on any atom is -0.456 e. The number of anilines is 2. The first-order valence-corrected chi connectivity index (χ1v) is 14.7.